The molecule has 2 aromatic carbocycles. The fourth-order valence-corrected chi connectivity index (χ4v) is 4.56. The summed E-state index contributed by atoms with van der Waals surface area (Å²) in [6.07, 6.45) is -0.195. The SMILES string of the molecule is O=C1CC(COc2ccccc2)NC2NN(c3nc4ccccc4s3)C(=O)C12. The number of hydrogen-bond donors (Lipinski definition) is 2. The summed E-state index contributed by atoms with van der Waals surface area (Å²) in [5, 5.41) is 5.29. The molecule has 7 nitrogen and oxygen atoms in total. The van der Waals surface area contributed by atoms with E-state index in [-0.39, 0.29) is 24.2 Å². The Balaban J connectivity index is 1.31. The van der Waals surface area contributed by atoms with E-state index in [9.17, 15) is 9.59 Å². The van der Waals surface area contributed by atoms with E-state index >= 15 is 0 Å². The zero-order valence-corrected chi connectivity index (χ0v) is 15.7. The van der Waals surface area contributed by atoms with Gasteiger partial charge in [0.1, 0.15) is 24.1 Å². The number of Topliss-reactive ketones (excluding diaryl/α,β-unsaturated/α-hetero) is 1. The quantitative estimate of drug-likeness (QED) is 0.660. The van der Waals surface area contributed by atoms with Crippen molar-refractivity contribution in [3.8, 4) is 5.75 Å². The number of hydrogen-bond acceptors (Lipinski definition) is 7. The summed E-state index contributed by atoms with van der Waals surface area (Å²) in [6.45, 7) is 0.357. The van der Waals surface area contributed by atoms with Gasteiger partial charge in [-0.15, -0.1) is 0 Å². The van der Waals surface area contributed by atoms with Gasteiger partial charge in [-0.3, -0.25) is 14.9 Å². The van der Waals surface area contributed by atoms with Gasteiger partial charge in [-0.1, -0.05) is 41.7 Å². The molecule has 2 fully saturated rings. The Labute approximate surface area is 165 Å². The highest BCUT2D eigenvalue weighted by Gasteiger charge is 2.50. The molecule has 2 N–H and O–H groups in total. The third kappa shape index (κ3) is 3.05. The Morgan fingerprint density at radius 2 is 1.89 bits per heavy atom. The van der Waals surface area contributed by atoms with E-state index < -0.39 is 12.1 Å². The second kappa shape index (κ2) is 6.97. The molecule has 3 heterocycles. The molecule has 0 bridgehead atoms. The van der Waals surface area contributed by atoms with Crippen LogP contribution in [0, 0.1) is 5.92 Å². The zero-order valence-electron chi connectivity index (χ0n) is 14.9. The molecule has 5 rings (SSSR count). The van der Waals surface area contributed by atoms with Gasteiger partial charge in [0.05, 0.1) is 16.4 Å². The number of ether oxygens (including phenoxy) is 1. The van der Waals surface area contributed by atoms with Crippen molar-refractivity contribution in [2.45, 2.75) is 18.6 Å². The summed E-state index contributed by atoms with van der Waals surface area (Å²) < 4.78 is 6.76. The molecule has 2 saturated heterocycles. The van der Waals surface area contributed by atoms with Crippen LogP contribution in [-0.2, 0) is 9.59 Å². The van der Waals surface area contributed by atoms with Gasteiger partial charge in [-0.25, -0.2) is 15.4 Å². The summed E-state index contributed by atoms with van der Waals surface area (Å²) in [4.78, 5) is 30.0. The number of aromatic nitrogens is 1. The van der Waals surface area contributed by atoms with Crippen LogP contribution in [0.5, 0.6) is 5.75 Å². The van der Waals surface area contributed by atoms with E-state index in [0.717, 1.165) is 16.0 Å². The molecule has 1 amide bonds. The summed E-state index contributed by atoms with van der Waals surface area (Å²) in [5.74, 6) is -0.319. The third-order valence-corrected chi connectivity index (χ3v) is 5.99. The maximum atomic E-state index is 12.9. The number of benzene rings is 2. The van der Waals surface area contributed by atoms with Gasteiger partial charge in [-0.05, 0) is 24.3 Å². The minimum absolute atomic E-state index is 0.0773. The van der Waals surface area contributed by atoms with Crippen LogP contribution < -0.4 is 20.5 Å². The average Bonchev–Trinajstić information content (AvgIpc) is 3.28. The highest BCUT2D eigenvalue weighted by molar-refractivity contribution is 7.22. The molecule has 3 atom stereocenters. The van der Waals surface area contributed by atoms with Gasteiger partial charge in [0.15, 0.2) is 0 Å². The van der Waals surface area contributed by atoms with Crippen LogP contribution in [-0.4, -0.2) is 35.5 Å². The second-order valence-electron chi connectivity index (χ2n) is 6.88. The number of hydrazine groups is 1. The maximum absolute atomic E-state index is 12.9. The highest BCUT2D eigenvalue weighted by atomic mass is 32.1. The van der Waals surface area contributed by atoms with Crippen molar-refractivity contribution in [2.75, 3.05) is 11.6 Å². The van der Waals surface area contributed by atoms with Crippen LogP contribution in [0.15, 0.2) is 54.6 Å². The lowest BCUT2D eigenvalue weighted by Crippen LogP contribution is -2.57. The number of ketones is 1. The summed E-state index contributed by atoms with van der Waals surface area (Å²) in [6, 6.07) is 17.0. The van der Waals surface area contributed by atoms with Crippen LogP contribution in [0.2, 0.25) is 0 Å². The smallest absolute Gasteiger partial charge is 0.257 e. The van der Waals surface area contributed by atoms with E-state index in [0.29, 0.717) is 11.7 Å². The van der Waals surface area contributed by atoms with Crippen molar-refractivity contribution in [3.63, 3.8) is 0 Å². The number of carbonyl (C=O) groups excluding carboxylic acids is 2. The first-order valence-electron chi connectivity index (χ1n) is 9.11. The predicted octanol–water partition coefficient (Wildman–Crippen LogP) is 2.10. The first-order chi connectivity index (χ1) is 13.7. The minimum Gasteiger partial charge on any atom is -0.492 e. The number of anilines is 1. The third-order valence-electron chi connectivity index (χ3n) is 4.97. The molecule has 28 heavy (non-hydrogen) atoms. The first kappa shape index (κ1) is 17.3. The van der Waals surface area contributed by atoms with Crippen molar-refractivity contribution >= 4 is 38.4 Å². The molecule has 142 valence electrons. The standard InChI is InChI=1S/C20H18N4O3S/c25-15-10-12(11-27-13-6-2-1-3-7-13)21-18-17(15)19(26)24(23-18)20-22-14-8-4-5-9-16(14)28-20/h1-9,12,17-18,21,23H,10-11H2. The largest absolute Gasteiger partial charge is 0.492 e. The summed E-state index contributed by atoms with van der Waals surface area (Å²) in [7, 11) is 0. The number of thiazole rings is 1. The van der Waals surface area contributed by atoms with Crippen molar-refractivity contribution < 1.29 is 14.3 Å². The van der Waals surface area contributed by atoms with Crippen molar-refractivity contribution in [1.82, 2.24) is 15.7 Å². The molecule has 0 aliphatic carbocycles. The number of nitrogens with one attached hydrogen (secondary N) is 2. The van der Waals surface area contributed by atoms with E-state index in [1.54, 1.807) is 0 Å². The fraction of sp³-hybridized carbons (Fsp3) is 0.250. The van der Waals surface area contributed by atoms with Gasteiger partial charge in [0.2, 0.25) is 5.13 Å². The van der Waals surface area contributed by atoms with E-state index in [1.807, 2.05) is 54.6 Å². The molecule has 3 unspecified atom stereocenters. The van der Waals surface area contributed by atoms with Crippen molar-refractivity contribution in [1.29, 1.82) is 0 Å². The number of piperidine rings is 1. The molecular weight excluding hydrogens is 376 g/mol. The lowest BCUT2D eigenvalue weighted by molar-refractivity contribution is -0.133. The zero-order chi connectivity index (χ0) is 19.1. The van der Waals surface area contributed by atoms with Gasteiger partial charge >= 0.3 is 0 Å². The van der Waals surface area contributed by atoms with E-state index in [1.165, 1.54) is 16.3 Å². The van der Waals surface area contributed by atoms with Crippen LogP contribution in [0.25, 0.3) is 10.2 Å². The van der Waals surface area contributed by atoms with E-state index in [4.69, 9.17) is 4.74 Å². The minimum atomic E-state index is -0.736. The Morgan fingerprint density at radius 3 is 2.71 bits per heavy atom. The second-order valence-corrected chi connectivity index (χ2v) is 7.89. The number of para-hydroxylation sites is 2. The Morgan fingerprint density at radius 1 is 1.11 bits per heavy atom. The number of nitrogens with zero attached hydrogens (tertiary/aromatic N) is 2. The van der Waals surface area contributed by atoms with Crippen LogP contribution >= 0.6 is 11.3 Å². The molecule has 8 heteroatoms. The Kier molecular flexibility index (Phi) is 4.31. The Hall–Kier alpha value is -2.81. The van der Waals surface area contributed by atoms with Crippen molar-refractivity contribution in [3.05, 3.63) is 54.6 Å². The predicted molar refractivity (Wildman–Crippen MR) is 106 cm³/mol. The van der Waals surface area contributed by atoms with Crippen LogP contribution in [0.4, 0.5) is 5.13 Å². The molecule has 3 aromatic rings. The summed E-state index contributed by atoms with van der Waals surface area (Å²) >= 11 is 1.42. The molecule has 0 spiro atoms. The van der Waals surface area contributed by atoms with Crippen LogP contribution in [0.1, 0.15) is 6.42 Å². The lowest BCUT2D eigenvalue weighted by atomic mass is 9.91. The Bertz CT molecular complexity index is 1010. The fourth-order valence-electron chi connectivity index (χ4n) is 3.62. The van der Waals surface area contributed by atoms with E-state index in [2.05, 4.69) is 15.7 Å². The molecule has 0 saturated carbocycles. The first-order valence-corrected chi connectivity index (χ1v) is 9.93. The normalized spacial score (nSPS) is 24.6. The lowest BCUT2D eigenvalue weighted by Gasteiger charge is -2.30. The van der Waals surface area contributed by atoms with Crippen LogP contribution in [0.3, 0.4) is 0 Å². The monoisotopic (exact) mass is 394 g/mol. The summed E-state index contributed by atoms with van der Waals surface area (Å²) in [5.41, 5.74) is 3.96. The number of carbonyl (C=O) groups is 2. The number of amides is 1. The van der Waals surface area contributed by atoms with Gasteiger partial charge in [0.25, 0.3) is 5.91 Å². The molecular formula is C20H18N4O3S. The average molecular weight is 394 g/mol. The number of fused-ring (bicyclic) bond motifs is 2. The van der Waals surface area contributed by atoms with Crippen molar-refractivity contribution in [2.24, 2.45) is 5.92 Å². The highest BCUT2D eigenvalue weighted by Crippen LogP contribution is 2.32. The molecule has 2 aliphatic heterocycles. The number of rotatable bonds is 4. The van der Waals surface area contributed by atoms with Gasteiger partial charge < -0.3 is 4.74 Å². The van der Waals surface area contributed by atoms with Gasteiger partial charge in [0, 0.05) is 12.5 Å². The van der Waals surface area contributed by atoms with Gasteiger partial charge in [-0.2, -0.15) is 0 Å². The molecule has 1 aromatic heterocycles. The topological polar surface area (TPSA) is 83.6 Å². The molecule has 2 aliphatic rings. The molecule has 0 radical (unpaired) electrons. The maximum Gasteiger partial charge on any atom is 0.257 e.